The molecular weight excluding hydrogens is 659 g/mol. The molecule has 1 atom stereocenters. The zero-order chi connectivity index (χ0) is 35.8. The van der Waals surface area contributed by atoms with E-state index in [4.69, 9.17) is 24.7 Å². The Kier molecular flexibility index (Phi) is 8.97. The summed E-state index contributed by atoms with van der Waals surface area (Å²) in [5.41, 5.74) is 8.43. The highest BCUT2D eigenvalue weighted by Gasteiger charge is 2.24. The SMILES string of the molecule is Cc1[nH]nc2c(C)cc(NC(=O)c3ccc4c(c3)nc(CN3CC=C(c5cccc(OCc6ccc(C#N)cc6F)n5)CC3)n4C[C@@H]3CCO3)cc12. The van der Waals surface area contributed by atoms with E-state index in [2.05, 4.69) is 31.1 Å². The molecule has 11 nitrogen and oxygen atoms in total. The third-order valence-corrected chi connectivity index (χ3v) is 9.84. The van der Waals surface area contributed by atoms with Crippen molar-refractivity contribution in [3.63, 3.8) is 0 Å². The van der Waals surface area contributed by atoms with Crippen LogP contribution in [0.5, 0.6) is 5.88 Å². The summed E-state index contributed by atoms with van der Waals surface area (Å²) < 4.78 is 28.2. The van der Waals surface area contributed by atoms with Gasteiger partial charge < -0.3 is 19.4 Å². The molecule has 3 aromatic carbocycles. The lowest BCUT2D eigenvalue weighted by molar-refractivity contribution is -0.0591. The number of aromatic amines is 1. The number of nitriles is 1. The monoisotopic (exact) mass is 696 g/mol. The molecule has 6 aromatic rings. The predicted molar refractivity (Wildman–Crippen MR) is 195 cm³/mol. The van der Waals surface area contributed by atoms with Crippen molar-refractivity contribution < 1.29 is 18.7 Å². The van der Waals surface area contributed by atoms with Gasteiger partial charge in [0.05, 0.1) is 53.1 Å². The van der Waals surface area contributed by atoms with E-state index in [-0.39, 0.29) is 24.2 Å². The van der Waals surface area contributed by atoms with Crippen LogP contribution < -0.4 is 10.1 Å². The van der Waals surface area contributed by atoms with E-state index < -0.39 is 5.82 Å². The summed E-state index contributed by atoms with van der Waals surface area (Å²) in [6, 6.07) is 21.5. The van der Waals surface area contributed by atoms with Crippen LogP contribution in [-0.2, 0) is 24.4 Å². The molecule has 2 aliphatic rings. The minimum atomic E-state index is -0.477. The number of nitrogens with one attached hydrogen (secondary N) is 2. The second kappa shape index (κ2) is 14.0. The van der Waals surface area contributed by atoms with Gasteiger partial charge in [0, 0.05) is 53.7 Å². The van der Waals surface area contributed by atoms with Crippen LogP contribution in [0.2, 0.25) is 0 Å². The van der Waals surface area contributed by atoms with E-state index in [1.54, 1.807) is 18.2 Å². The van der Waals surface area contributed by atoms with Gasteiger partial charge in [0.1, 0.15) is 18.2 Å². The van der Waals surface area contributed by atoms with Crippen LogP contribution >= 0.6 is 0 Å². The van der Waals surface area contributed by atoms with Crippen LogP contribution in [0.1, 0.15) is 57.1 Å². The lowest BCUT2D eigenvalue weighted by Gasteiger charge is -2.29. The van der Waals surface area contributed by atoms with Gasteiger partial charge in [0.25, 0.3) is 5.91 Å². The van der Waals surface area contributed by atoms with Crippen molar-refractivity contribution in [2.75, 3.05) is 25.0 Å². The molecule has 1 amide bonds. The topological polar surface area (TPSA) is 134 Å². The summed E-state index contributed by atoms with van der Waals surface area (Å²) in [4.78, 5) is 25.5. The number of nitrogens with zero attached hydrogens (tertiary/aromatic N) is 6. The molecule has 262 valence electrons. The fraction of sp³-hybridized carbons (Fsp3) is 0.275. The Hall–Kier alpha value is -5.90. The minimum Gasteiger partial charge on any atom is -0.473 e. The Morgan fingerprint density at radius 2 is 2.02 bits per heavy atom. The van der Waals surface area contributed by atoms with Crippen LogP contribution in [0.3, 0.4) is 0 Å². The van der Waals surface area contributed by atoms with Crippen LogP contribution in [0.4, 0.5) is 10.1 Å². The highest BCUT2D eigenvalue weighted by Crippen LogP contribution is 2.28. The molecule has 0 saturated carbocycles. The summed E-state index contributed by atoms with van der Waals surface area (Å²) >= 11 is 0. The molecule has 5 heterocycles. The first-order valence-corrected chi connectivity index (χ1v) is 17.4. The van der Waals surface area contributed by atoms with Crippen molar-refractivity contribution in [1.82, 2.24) is 29.6 Å². The van der Waals surface area contributed by atoms with Crippen molar-refractivity contribution in [2.45, 2.75) is 52.5 Å². The average molecular weight is 697 g/mol. The van der Waals surface area contributed by atoms with Gasteiger partial charge in [-0.3, -0.25) is 14.8 Å². The number of carbonyl (C=O) groups excluding carboxylic acids is 1. The summed E-state index contributed by atoms with van der Waals surface area (Å²) in [5, 5.41) is 20.4. The largest absolute Gasteiger partial charge is 0.473 e. The first-order valence-electron chi connectivity index (χ1n) is 17.4. The third kappa shape index (κ3) is 6.76. The molecule has 2 N–H and O–H groups in total. The van der Waals surface area contributed by atoms with Gasteiger partial charge in [0.15, 0.2) is 0 Å². The van der Waals surface area contributed by atoms with E-state index in [1.165, 1.54) is 6.07 Å². The lowest BCUT2D eigenvalue weighted by atomic mass is 10.0. The summed E-state index contributed by atoms with van der Waals surface area (Å²) in [6.07, 6.45) is 4.13. The van der Waals surface area contributed by atoms with Gasteiger partial charge >= 0.3 is 0 Å². The molecule has 1 fully saturated rings. The standard InChI is InChI=1S/C40H37FN8O3/c1-24-16-30(19-32-25(2)46-47-39(24)32)43-40(50)28-8-9-36-35(18-28)44-37(49(36)21-31-12-15-51-31)22-48-13-10-27(11-14-48)34-4-3-5-38(45-34)52-23-29-7-6-26(20-42)17-33(29)41/h3-10,16-19,31H,11-15,21-23H2,1-2H3,(H,43,50)(H,46,47)/t31-/m0/s1. The number of aromatic nitrogens is 5. The Morgan fingerprint density at radius 3 is 2.79 bits per heavy atom. The number of benzene rings is 3. The number of H-pyrrole nitrogens is 1. The number of rotatable bonds is 10. The second-order valence-electron chi connectivity index (χ2n) is 13.4. The minimum absolute atomic E-state index is 0.0155. The van der Waals surface area contributed by atoms with Crippen LogP contribution in [0.25, 0.3) is 27.5 Å². The molecule has 0 spiro atoms. The maximum absolute atomic E-state index is 14.4. The summed E-state index contributed by atoms with van der Waals surface area (Å²) in [5.74, 6) is 0.669. The predicted octanol–water partition coefficient (Wildman–Crippen LogP) is 6.84. The van der Waals surface area contributed by atoms with Gasteiger partial charge in [-0.25, -0.2) is 14.4 Å². The molecule has 0 aliphatic carbocycles. The molecular formula is C40H37FN8O3. The smallest absolute Gasteiger partial charge is 0.255 e. The van der Waals surface area contributed by atoms with Crippen LogP contribution in [0, 0.1) is 31.0 Å². The van der Waals surface area contributed by atoms with Gasteiger partial charge in [-0.15, -0.1) is 0 Å². The zero-order valence-electron chi connectivity index (χ0n) is 28.9. The second-order valence-corrected chi connectivity index (χ2v) is 13.4. The Bertz CT molecular complexity index is 2400. The quantitative estimate of drug-likeness (QED) is 0.159. The van der Waals surface area contributed by atoms with E-state index in [0.29, 0.717) is 30.1 Å². The van der Waals surface area contributed by atoms with Gasteiger partial charge in [-0.2, -0.15) is 10.4 Å². The van der Waals surface area contributed by atoms with E-state index >= 15 is 0 Å². The number of hydrogen-bond donors (Lipinski definition) is 2. The van der Waals surface area contributed by atoms with Crippen molar-refractivity contribution in [1.29, 1.82) is 5.26 Å². The number of carbonyl (C=O) groups is 1. The number of anilines is 1. The highest BCUT2D eigenvalue weighted by atomic mass is 19.1. The van der Waals surface area contributed by atoms with Crippen molar-refractivity contribution in [2.24, 2.45) is 0 Å². The van der Waals surface area contributed by atoms with Crippen molar-refractivity contribution in [3.05, 3.63) is 118 Å². The number of halogens is 1. The average Bonchev–Trinajstić information content (AvgIpc) is 3.68. The number of amides is 1. The Morgan fingerprint density at radius 1 is 1.13 bits per heavy atom. The third-order valence-electron chi connectivity index (χ3n) is 9.84. The molecule has 12 heteroatoms. The Balaban J connectivity index is 0.965. The van der Waals surface area contributed by atoms with E-state index in [9.17, 15) is 9.18 Å². The lowest BCUT2D eigenvalue weighted by Crippen LogP contribution is -2.33. The van der Waals surface area contributed by atoms with Crippen LogP contribution in [0.15, 0.2) is 72.8 Å². The summed E-state index contributed by atoms with van der Waals surface area (Å²) in [6.45, 7) is 7.62. The number of fused-ring (bicyclic) bond motifs is 2. The van der Waals surface area contributed by atoms with E-state index in [1.807, 2.05) is 62.4 Å². The number of imidazole rings is 1. The zero-order valence-corrected chi connectivity index (χ0v) is 28.9. The van der Waals surface area contributed by atoms with Crippen molar-refractivity contribution in [3.8, 4) is 11.9 Å². The van der Waals surface area contributed by atoms with Gasteiger partial charge in [-0.05, 0) is 86.4 Å². The molecule has 52 heavy (non-hydrogen) atoms. The Labute approximate surface area is 299 Å². The maximum Gasteiger partial charge on any atom is 0.255 e. The number of ether oxygens (including phenoxy) is 2. The fourth-order valence-corrected chi connectivity index (χ4v) is 6.81. The summed E-state index contributed by atoms with van der Waals surface area (Å²) in [7, 11) is 0. The van der Waals surface area contributed by atoms with Crippen molar-refractivity contribution >= 4 is 39.1 Å². The molecule has 0 unspecified atom stereocenters. The molecule has 2 aliphatic heterocycles. The highest BCUT2D eigenvalue weighted by molar-refractivity contribution is 6.07. The van der Waals surface area contributed by atoms with Gasteiger partial charge in [0.2, 0.25) is 5.88 Å². The number of hydrogen-bond acceptors (Lipinski definition) is 8. The molecule has 8 rings (SSSR count). The number of aryl methyl sites for hydroxylation is 2. The first kappa shape index (κ1) is 33.3. The normalized spacial score (nSPS) is 16.0. The number of pyridine rings is 1. The first-order chi connectivity index (χ1) is 25.3. The fourth-order valence-electron chi connectivity index (χ4n) is 6.81. The van der Waals surface area contributed by atoms with Crippen LogP contribution in [-0.4, -0.2) is 61.3 Å². The molecule has 0 bridgehead atoms. The van der Waals surface area contributed by atoms with Gasteiger partial charge in [-0.1, -0.05) is 18.2 Å². The molecule has 3 aromatic heterocycles. The molecule has 0 radical (unpaired) electrons. The maximum atomic E-state index is 14.4. The van der Waals surface area contributed by atoms with E-state index in [0.717, 1.165) is 88.5 Å². The molecule has 1 saturated heterocycles.